The number of hydrogen-bond donors (Lipinski definition) is 2. The van der Waals surface area contributed by atoms with Crippen LogP contribution in [0.4, 0.5) is 0 Å². The molecule has 0 spiro atoms. The van der Waals surface area contributed by atoms with Gasteiger partial charge in [0.15, 0.2) is 5.96 Å². The van der Waals surface area contributed by atoms with Crippen LogP contribution in [0.2, 0.25) is 0 Å². The maximum atomic E-state index is 4.63. The third kappa shape index (κ3) is 7.29. The van der Waals surface area contributed by atoms with Gasteiger partial charge in [-0.1, -0.05) is 18.2 Å². The topological polar surface area (TPSA) is 57.5 Å². The molecular weight excluding hydrogens is 475 g/mol. The number of aromatic nitrogens is 2. The monoisotopic (exact) mass is 512 g/mol. The van der Waals surface area contributed by atoms with Crippen LogP contribution in [0.5, 0.6) is 0 Å². The molecule has 0 atom stereocenters. The Kier molecular flexibility index (Phi) is 10.7. The van der Waals surface area contributed by atoms with E-state index < -0.39 is 0 Å². The third-order valence-electron chi connectivity index (χ3n) is 4.89. The Morgan fingerprint density at radius 3 is 2.31 bits per heavy atom. The Labute approximate surface area is 193 Å². The van der Waals surface area contributed by atoms with Gasteiger partial charge >= 0.3 is 0 Å². The lowest BCUT2D eigenvalue weighted by molar-refractivity contribution is 0.178. The van der Waals surface area contributed by atoms with E-state index in [4.69, 9.17) is 0 Å². The van der Waals surface area contributed by atoms with E-state index in [0.717, 1.165) is 36.1 Å². The number of hydrogen-bond acceptors (Lipinski definition) is 3. The molecule has 7 heteroatoms. The molecule has 0 amide bonds. The Morgan fingerprint density at radius 1 is 1.10 bits per heavy atom. The summed E-state index contributed by atoms with van der Waals surface area (Å²) in [6.45, 7) is 15.6. The van der Waals surface area contributed by atoms with Crippen LogP contribution in [0.3, 0.4) is 0 Å². The highest BCUT2D eigenvalue weighted by Gasteiger charge is 2.13. The zero-order valence-corrected chi connectivity index (χ0v) is 21.2. The van der Waals surface area contributed by atoms with Crippen LogP contribution in [0.15, 0.2) is 35.3 Å². The molecule has 0 saturated heterocycles. The average molecular weight is 512 g/mol. The summed E-state index contributed by atoms with van der Waals surface area (Å²) in [5.74, 6) is 0.815. The summed E-state index contributed by atoms with van der Waals surface area (Å²) in [7, 11) is 1.81. The van der Waals surface area contributed by atoms with Gasteiger partial charge < -0.3 is 10.6 Å². The first kappa shape index (κ1) is 25.4. The van der Waals surface area contributed by atoms with E-state index in [1.165, 1.54) is 5.56 Å². The first-order valence-corrected chi connectivity index (χ1v) is 10.1. The molecule has 6 nitrogen and oxygen atoms in total. The average Bonchev–Trinajstić information content (AvgIpc) is 2.98. The van der Waals surface area contributed by atoms with Crippen LogP contribution in [0.25, 0.3) is 5.69 Å². The van der Waals surface area contributed by atoms with E-state index >= 15 is 0 Å². The molecule has 2 N–H and O–H groups in total. The fourth-order valence-corrected chi connectivity index (χ4v) is 3.56. The minimum Gasteiger partial charge on any atom is -0.355 e. The van der Waals surface area contributed by atoms with Crippen molar-refractivity contribution in [1.82, 2.24) is 25.3 Å². The van der Waals surface area contributed by atoms with Crippen molar-refractivity contribution >= 4 is 29.9 Å². The van der Waals surface area contributed by atoms with Crippen molar-refractivity contribution in [2.45, 2.75) is 60.2 Å². The number of rotatable bonds is 8. The minimum atomic E-state index is 0. The predicted octanol–water partition coefficient (Wildman–Crippen LogP) is 3.89. The predicted molar refractivity (Wildman–Crippen MR) is 134 cm³/mol. The lowest BCUT2D eigenvalue weighted by atomic mass is 10.1. The van der Waals surface area contributed by atoms with E-state index in [1.807, 2.05) is 18.7 Å². The number of nitrogens with zero attached hydrogens (tertiary/aromatic N) is 4. The zero-order chi connectivity index (χ0) is 20.7. The lowest BCUT2D eigenvalue weighted by Crippen LogP contribution is -2.45. The minimum absolute atomic E-state index is 0. The van der Waals surface area contributed by atoms with Gasteiger partial charge in [-0.2, -0.15) is 5.10 Å². The largest absolute Gasteiger partial charge is 0.355 e. The summed E-state index contributed by atoms with van der Waals surface area (Å²) in [5, 5.41) is 11.5. The maximum Gasteiger partial charge on any atom is 0.191 e. The van der Waals surface area contributed by atoms with Gasteiger partial charge in [0.25, 0.3) is 0 Å². The van der Waals surface area contributed by atoms with E-state index in [-0.39, 0.29) is 24.0 Å². The third-order valence-corrected chi connectivity index (χ3v) is 4.89. The van der Waals surface area contributed by atoms with Gasteiger partial charge in [-0.25, -0.2) is 4.68 Å². The van der Waals surface area contributed by atoms with Crippen molar-refractivity contribution < 1.29 is 0 Å². The van der Waals surface area contributed by atoms with Gasteiger partial charge in [-0.3, -0.25) is 9.89 Å². The molecule has 1 aromatic heterocycles. The van der Waals surface area contributed by atoms with Crippen LogP contribution in [-0.4, -0.2) is 52.9 Å². The fourth-order valence-electron chi connectivity index (χ4n) is 3.56. The summed E-state index contributed by atoms with van der Waals surface area (Å²) in [6.07, 6.45) is 0. The Balaban J connectivity index is 0.00000420. The van der Waals surface area contributed by atoms with Crippen LogP contribution in [0, 0.1) is 13.8 Å². The van der Waals surface area contributed by atoms with Crippen LogP contribution >= 0.6 is 24.0 Å². The quantitative estimate of drug-likeness (QED) is 0.320. The van der Waals surface area contributed by atoms with E-state index in [0.29, 0.717) is 18.6 Å². The van der Waals surface area contributed by atoms with Gasteiger partial charge in [0.1, 0.15) is 0 Å². The number of para-hydroxylation sites is 1. The number of halogens is 1. The highest BCUT2D eigenvalue weighted by molar-refractivity contribution is 14.0. The Morgan fingerprint density at radius 2 is 1.76 bits per heavy atom. The SMILES string of the molecule is CN=C(NCCN(C(C)C)C(C)C)NCc1ccccc1-n1nc(C)cc1C.I. The maximum absolute atomic E-state index is 4.63. The smallest absolute Gasteiger partial charge is 0.191 e. The molecule has 0 bridgehead atoms. The number of benzene rings is 1. The molecule has 1 heterocycles. The summed E-state index contributed by atoms with van der Waals surface area (Å²) in [4.78, 5) is 6.84. The molecule has 1 aromatic carbocycles. The normalized spacial score (nSPS) is 11.9. The van der Waals surface area contributed by atoms with Crippen molar-refractivity contribution in [2.75, 3.05) is 20.1 Å². The van der Waals surface area contributed by atoms with E-state index in [2.05, 4.69) is 90.6 Å². The molecule has 0 radical (unpaired) electrons. The Bertz CT molecular complexity index is 773. The number of aryl methyl sites for hydroxylation is 2. The first-order chi connectivity index (χ1) is 13.3. The second kappa shape index (κ2) is 12.2. The summed E-state index contributed by atoms with van der Waals surface area (Å²) in [6, 6.07) is 11.5. The van der Waals surface area contributed by atoms with Gasteiger partial charge in [0.2, 0.25) is 0 Å². The molecule has 0 unspecified atom stereocenters. The molecule has 0 fully saturated rings. The molecule has 0 aliphatic rings. The van der Waals surface area contributed by atoms with Crippen molar-refractivity contribution in [2.24, 2.45) is 4.99 Å². The van der Waals surface area contributed by atoms with Crippen LogP contribution < -0.4 is 10.6 Å². The molecule has 162 valence electrons. The standard InChI is InChI=1S/C22H36N6.HI/c1-16(2)27(17(3)4)13-12-24-22(23-7)25-15-20-10-8-9-11-21(20)28-19(6)14-18(5)26-28;/h8-11,14,16-17H,12-13,15H2,1-7H3,(H2,23,24,25);1H. The van der Waals surface area contributed by atoms with Crippen molar-refractivity contribution in [3.63, 3.8) is 0 Å². The summed E-state index contributed by atoms with van der Waals surface area (Å²) < 4.78 is 2.01. The van der Waals surface area contributed by atoms with E-state index in [1.54, 1.807) is 0 Å². The fraction of sp³-hybridized carbons (Fsp3) is 0.545. The lowest BCUT2D eigenvalue weighted by Gasteiger charge is -2.30. The van der Waals surface area contributed by atoms with Gasteiger partial charge in [-0.05, 0) is 59.2 Å². The second-order valence-electron chi connectivity index (χ2n) is 7.75. The number of aliphatic imine (C=N–C) groups is 1. The summed E-state index contributed by atoms with van der Waals surface area (Å²) >= 11 is 0. The molecule has 2 rings (SSSR count). The van der Waals surface area contributed by atoms with Crippen molar-refractivity contribution in [3.05, 3.63) is 47.3 Å². The highest BCUT2D eigenvalue weighted by atomic mass is 127. The van der Waals surface area contributed by atoms with E-state index in [9.17, 15) is 0 Å². The van der Waals surface area contributed by atoms with Crippen molar-refractivity contribution in [3.8, 4) is 5.69 Å². The van der Waals surface area contributed by atoms with Gasteiger partial charge in [0, 0.05) is 44.5 Å². The molecule has 0 aliphatic carbocycles. The van der Waals surface area contributed by atoms with Crippen molar-refractivity contribution in [1.29, 1.82) is 0 Å². The van der Waals surface area contributed by atoms with Crippen LogP contribution in [-0.2, 0) is 6.54 Å². The molecule has 29 heavy (non-hydrogen) atoms. The Hall–Kier alpha value is -1.61. The molecule has 2 aromatic rings. The highest BCUT2D eigenvalue weighted by Crippen LogP contribution is 2.16. The van der Waals surface area contributed by atoms with Gasteiger partial charge in [-0.15, -0.1) is 24.0 Å². The summed E-state index contributed by atoms with van der Waals surface area (Å²) in [5.41, 5.74) is 4.44. The number of guanidine groups is 1. The zero-order valence-electron chi connectivity index (χ0n) is 18.9. The molecule has 0 saturated carbocycles. The molecular formula is C22H37IN6. The first-order valence-electron chi connectivity index (χ1n) is 10.1. The molecule has 0 aliphatic heterocycles. The van der Waals surface area contributed by atoms with Gasteiger partial charge in [0.05, 0.1) is 11.4 Å². The van der Waals surface area contributed by atoms with Crippen LogP contribution in [0.1, 0.15) is 44.6 Å². The second-order valence-corrected chi connectivity index (χ2v) is 7.75. The number of nitrogens with one attached hydrogen (secondary N) is 2.